The Kier molecular flexibility index (Phi) is 2.68. The number of ketones is 1. The highest BCUT2D eigenvalue weighted by Gasteiger charge is 2.40. The van der Waals surface area contributed by atoms with Crippen molar-refractivity contribution in [3.63, 3.8) is 0 Å². The molecule has 2 unspecified atom stereocenters. The smallest absolute Gasteiger partial charge is 0.141 e. The van der Waals surface area contributed by atoms with E-state index in [1.54, 1.807) is 18.2 Å². The van der Waals surface area contributed by atoms with Crippen LogP contribution in [0.15, 0.2) is 24.3 Å². The second kappa shape index (κ2) is 3.81. The topological polar surface area (TPSA) is 17.1 Å². The fraction of sp³-hybridized carbons (Fsp3) is 0.364. The predicted octanol–water partition coefficient (Wildman–Crippen LogP) is 2.72. The summed E-state index contributed by atoms with van der Waals surface area (Å²) < 4.78 is 13.2. The van der Waals surface area contributed by atoms with Gasteiger partial charge in [-0.05, 0) is 18.1 Å². The van der Waals surface area contributed by atoms with E-state index in [2.05, 4.69) is 15.9 Å². The van der Waals surface area contributed by atoms with E-state index in [4.69, 9.17) is 0 Å². The van der Waals surface area contributed by atoms with E-state index in [1.165, 1.54) is 6.07 Å². The maximum Gasteiger partial charge on any atom is 0.141 e. The molecule has 1 aliphatic carbocycles. The molecule has 0 heterocycles. The molecular formula is C11H10BrFO. The molecule has 0 radical (unpaired) electrons. The minimum absolute atomic E-state index is 0.106. The lowest BCUT2D eigenvalue weighted by molar-refractivity contribution is -0.119. The Labute approximate surface area is 90.4 Å². The maximum absolute atomic E-state index is 13.2. The van der Waals surface area contributed by atoms with Crippen LogP contribution in [0.5, 0.6) is 0 Å². The van der Waals surface area contributed by atoms with Crippen molar-refractivity contribution in [1.29, 1.82) is 0 Å². The zero-order valence-electron chi connectivity index (χ0n) is 7.54. The average molecular weight is 257 g/mol. The van der Waals surface area contributed by atoms with Crippen LogP contribution in [0, 0.1) is 11.7 Å². The van der Waals surface area contributed by atoms with E-state index in [-0.39, 0.29) is 23.9 Å². The van der Waals surface area contributed by atoms with Crippen molar-refractivity contribution in [1.82, 2.24) is 0 Å². The van der Waals surface area contributed by atoms with Gasteiger partial charge in [-0.25, -0.2) is 4.39 Å². The fourth-order valence-electron chi connectivity index (χ4n) is 1.46. The summed E-state index contributed by atoms with van der Waals surface area (Å²) in [7, 11) is 0. The van der Waals surface area contributed by atoms with Crippen molar-refractivity contribution in [3.8, 4) is 0 Å². The molecule has 0 aliphatic heterocycles. The third kappa shape index (κ3) is 2.03. The minimum atomic E-state index is -0.285. The van der Waals surface area contributed by atoms with Crippen LogP contribution in [0.1, 0.15) is 12.0 Å². The van der Waals surface area contributed by atoms with Crippen molar-refractivity contribution < 1.29 is 9.18 Å². The Morgan fingerprint density at radius 2 is 2.14 bits per heavy atom. The Morgan fingerprint density at radius 1 is 1.50 bits per heavy atom. The van der Waals surface area contributed by atoms with Gasteiger partial charge in [-0.15, -0.1) is 0 Å². The van der Waals surface area contributed by atoms with Gasteiger partial charge in [0.1, 0.15) is 11.6 Å². The summed E-state index contributed by atoms with van der Waals surface area (Å²) in [4.78, 5) is 11.9. The first-order chi connectivity index (χ1) is 6.68. The van der Waals surface area contributed by atoms with Crippen molar-refractivity contribution in [2.24, 2.45) is 5.92 Å². The van der Waals surface area contributed by atoms with Gasteiger partial charge in [0, 0.05) is 17.2 Å². The normalized spacial score (nSPS) is 24.7. The second-order valence-corrected chi connectivity index (χ2v) is 4.77. The molecule has 1 aromatic carbocycles. The summed E-state index contributed by atoms with van der Waals surface area (Å²) in [5.41, 5.74) is 0.504. The summed E-state index contributed by atoms with van der Waals surface area (Å²) in [6, 6.07) is 6.44. The molecule has 1 fully saturated rings. The van der Waals surface area contributed by atoms with Crippen LogP contribution in [0.3, 0.4) is 0 Å². The number of hydrogen-bond acceptors (Lipinski definition) is 1. The zero-order chi connectivity index (χ0) is 10.1. The molecule has 1 aromatic rings. The molecule has 0 saturated heterocycles. The molecule has 1 aliphatic rings. The molecule has 2 atom stereocenters. The lowest BCUT2D eigenvalue weighted by atomic mass is 10.1. The molecule has 0 bridgehead atoms. The van der Waals surface area contributed by atoms with E-state index < -0.39 is 0 Å². The fourth-order valence-corrected chi connectivity index (χ4v) is 2.16. The number of carbonyl (C=O) groups excluding carboxylic acids is 1. The first kappa shape index (κ1) is 9.84. The summed E-state index contributed by atoms with van der Waals surface area (Å²) in [5, 5.41) is 0. The number of carbonyl (C=O) groups is 1. The van der Waals surface area contributed by atoms with Gasteiger partial charge in [-0.3, -0.25) is 4.79 Å². The number of Topliss-reactive ketones (excluding diaryl/α,β-unsaturated/α-hetero) is 1. The third-order valence-corrected chi connectivity index (χ3v) is 3.46. The highest BCUT2D eigenvalue weighted by Crippen LogP contribution is 2.39. The minimum Gasteiger partial charge on any atom is -0.299 e. The number of hydrogen-bond donors (Lipinski definition) is 0. The van der Waals surface area contributed by atoms with E-state index in [0.717, 1.165) is 6.42 Å². The van der Waals surface area contributed by atoms with Crippen LogP contribution < -0.4 is 0 Å². The summed E-state index contributed by atoms with van der Waals surface area (Å²) >= 11 is 3.37. The van der Waals surface area contributed by atoms with E-state index >= 15 is 0 Å². The van der Waals surface area contributed by atoms with Gasteiger partial charge in [0.25, 0.3) is 0 Å². The quantitative estimate of drug-likeness (QED) is 0.761. The standard InChI is InChI=1S/C11H10BrFO/c12-9-6-8(9)11(14)5-7-3-1-2-4-10(7)13/h1-4,8-9H,5-6H2. The second-order valence-electron chi connectivity index (χ2n) is 3.59. The Morgan fingerprint density at radius 3 is 2.71 bits per heavy atom. The monoisotopic (exact) mass is 256 g/mol. The average Bonchev–Trinajstić information content (AvgIpc) is 2.87. The molecule has 0 aromatic heterocycles. The van der Waals surface area contributed by atoms with E-state index in [1.807, 2.05) is 0 Å². The summed E-state index contributed by atoms with van der Waals surface area (Å²) in [5.74, 6) is -0.0424. The largest absolute Gasteiger partial charge is 0.299 e. The summed E-state index contributed by atoms with van der Waals surface area (Å²) in [6.45, 7) is 0. The predicted molar refractivity (Wildman–Crippen MR) is 55.9 cm³/mol. The Bertz CT molecular complexity index is 364. The van der Waals surface area contributed by atoms with Gasteiger partial charge in [0.05, 0.1) is 0 Å². The lowest BCUT2D eigenvalue weighted by Crippen LogP contribution is -2.07. The molecular weight excluding hydrogens is 247 g/mol. The molecule has 0 N–H and O–H groups in total. The van der Waals surface area contributed by atoms with E-state index in [9.17, 15) is 9.18 Å². The molecule has 1 saturated carbocycles. The molecule has 14 heavy (non-hydrogen) atoms. The van der Waals surface area contributed by atoms with Crippen LogP contribution in [0.25, 0.3) is 0 Å². The van der Waals surface area contributed by atoms with Gasteiger partial charge < -0.3 is 0 Å². The number of halogens is 2. The maximum atomic E-state index is 13.2. The summed E-state index contributed by atoms with van der Waals surface area (Å²) in [6.07, 6.45) is 1.12. The highest BCUT2D eigenvalue weighted by molar-refractivity contribution is 9.09. The van der Waals surface area contributed by atoms with Crippen LogP contribution in [0.2, 0.25) is 0 Å². The van der Waals surface area contributed by atoms with Crippen LogP contribution in [-0.4, -0.2) is 10.6 Å². The first-order valence-electron chi connectivity index (χ1n) is 4.58. The van der Waals surface area contributed by atoms with Crippen molar-refractivity contribution in [2.45, 2.75) is 17.7 Å². The van der Waals surface area contributed by atoms with Gasteiger partial charge in [0.15, 0.2) is 0 Å². The zero-order valence-corrected chi connectivity index (χ0v) is 9.13. The van der Waals surface area contributed by atoms with Gasteiger partial charge in [0.2, 0.25) is 0 Å². The SMILES string of the molecule is O=C(Cc1ccccc1F)C1CC1Br. The van der Waals surface area contributed by atoms with Gasteiger partial charge in [-0.2, -0.15) is 0 Å². The molecule has 3 heteroatoms. The van der Waals surface area contributed by atoms with Crippen LogP contribution in [0.4, 0.5) is 4.39 Å². The highest BCUT2D eigenvalue weighted by atomic mass is 79.9. The van der Waals surface area contributed by atoms with Gasteiger partial charge in [-0.1, -0.05) is 34.1 Å². The van der Waals surface area contributed by atoms with Crippen molar-refractivity contribution in [2.75, 3.05) is 0 Å². The number of rotatable bonds is 3. The number of benzene rings is 1. The van der Waals surface area contributed by atoms with Crippen LogP contribution >= 0.6 is 15.9 Å². The molecule has 0 spiro atoms. The van der Waals surface area contributed by atoms with E-state index in [0.29, 0.717) is 10.4 Å². The Hall–Kier alpha value is -0.700. The molecule has 1 nitrogen and oxygen atoms in total. The first-order valence-corrected chi connectivity index (χ1v) is 5.50. The van der Waals surface area contributed by atoms with Crippen LogP contribution in [-0.2, 0) is 11.2 Å². The molecule has 0 amide bonds. The Balaban J connectivity index is 2.04. The number of alkyl halides is 1. The third-order valence-electron chi connectivity index (χ3n) is 2.45. The lowest BCUT2D eigenvalue weighted by Gasteiger charge is -2.00. The van der Waals surface area contributed by atoms with Gasteiger partial charge >= 0.3 is 0 Å². The van der Waals surface area contributed by atoms with Crippen molar-refractivity contribution in [3.05, 3.63) is 35.6 Å². The van der Waals surface area contributed by atoms with Crippen molar-refractivity contribution >= 4 is 21.7 Å². The molecule has 74 valence electrons. The molecule has 2 rings (SSSR count).